The van der Waals surface area contributed by atoms with Crippen molar-refractivity contribution in [2.45, 2.75) is 18.3 Å². The Bertz CT molecular complexity index is 730. The van der Waals surface area contributed by atoms with Crippen molar-refractivity contribution < 1.29 is 14.0 Å². The first-order chi connectivity index (χ1) is 10.5. The van der Waals surface area contributed by atoms with Crippen LogP contribution in [0.1, 0.15) is 29.4 Å². The van der Waals surface area contributed by atoms with Gasteiger partial charge in [0.1, 0.15) is 5.82 Å². The Labute approximate surface area is 132 Å². The van der Waals surface area contributed by atoms with Crippen molar-refractivity contribution >= 4 is 23.4 Å². The normalized spacial score (nSPS) is 21.5. The van der Waals surface area contributed by atoms with Crippen LogP contribution in [-0.4, -0.2) is 11.8 Å². The van der Waals surface area contributed by atoms with Gasteiger partial charge in [0.2, 0.25) is 11.8 Å². The molecule has 2 amide bonds. The molecule has 0 saturated carbocycles. The number of imide groups is 1. The summed E-state index contributed by atoms with van der Waals surface area (Å²) in [6.07, 6.45) is 0.175. The highest BCUT2D eigenvalue weighted by molar-refractivity contribution is 6.30. The monoisotopic (exact) mass is 317 g/mol. The molecule has 2 aromatic rings. The Hall–Kier alpha value is -2.20. The topological polar surface area (TPSA) is 46.2 Å². The third-order valence-corrected chi connectivity index (χ3v) is 4.11. The van der Waals surface area contributed by atoms with Crippen LogP contribution in [0, 0.1) is 5.82 Å². The first-order valence-corrected chi connectivity index (χ1v) is 7.27. The lowest BCUT2D eigenvalue weighted by atomic mass is 9.76. The van der Waals surface area contributed by atoms with E-state index < -0.39 is 17.6 Å². The van der Waals surface area contributed by atoms with Gasteiger partial charge in [-0.05, 0) is 35.4 Å². The fraction of sp³-hybridized carbons (Fsp3) is 0.176. The van der Waals surface area contributed by atoms with Crippen molar-refractivity contribution in [2.24, 2.45) is 0 Å². The molecule has 5 heteroatoms. The van der Waals surface area contributed by atoms with E-state index in [2.05, 4.69) is 5.32 Å². The number of rotatable bonds is 2. The van der Waals surface area contributed by atoms with E-state index in [1.54, 1.807) is 36.4 Å². The lowest BCUT2D eigenvalue weighted by molar-refractivity contribution is -0.135. The molecule has 1 heterocycles. The molecule has 2 aromatic carbocycles. The predicted molar refractivity (Wildman–Crippen MR) is 81.1 cm³/mol. The van der Waals surface area contributed by atoms with Crippen molar-refractivity contribution in [3.8, 4) is 0 Å². The quantitative estimate of drug-likeness (QED) is 0.863. The van der Waals surface area contributed by atoms with Crippen LogP contribution < -0.4 is 5.32 Å². The third kappa shape index (κ3) is 2.88. The number of hydrogen-bond donors (Lipinski definition) is 1. The number of benzene rings is 2. The molecule has 2 unspecified atom stereocenters. The molecule has 1 N–H and O–H groups in total. The molecule has 0 bridgehead atoms. The van der Waals surface area contributed by atoms with E-state index in [0.29, 0.717) is 10.6 Å². The summed E-state index contributed by atoms with van der Waals surface area (Å²) in [7, 11) is 0. The minimum atomic E-state index is -0.602. The number of halogens is 2. The maximum atomic E-state index is 13.5. The van der Waals surface area contributed by atoms with Gasteiger partial charge in [-0.15, -0.1) is 0 Å². The van der Waals surface area contributed by atoms with Gasteiger partial charge in [0.15, 0.2) is 0 Å². The molecule has 3 nitrogen and oxygen atoms in total. The highest BCUT2D eigenvalue weighted by Gasteiger charge is 2.37. The lowest BCUT2D eigenvalue weighted by Gasteiger charge is -2.30. The minimum Gasteiger partial charge on any atom is -0.296 e. The van der Waals surface area contributed by atoms with Crippen LogP contribution in [0.2, 0.25) is 5.02 Å². The molecular weight excluding hydrogens is 305 g/mol. The van der Waals surface area contributed by atoms with Gasteiger partial charge in [0.05, 0.1) is 5.92 Å². The zero-order valence-electron chi connectivity index (χ0n) is 11.6. The van der Waals surface area contributed by atoms with Crippen LogP contribution in [0.4, 0.5) is 4.39 Å². The Morgan fingerprint density at radius 1 is 1.05 bits per heavy atom. The summed E-state index contributed by atoms with van der Waals surface area (Å²) < 4.78 is 13.5. The molecule has 22 heavy (non-hydrogen) atoms. The van der Waals surface area contributed by atoms with Gasteiger partial charge in [-0.25, -0.2) is 4.39 Å². The van der Waals surface area contributed by atoms with Crippen LogP contribution in [0.5, 0.6) is 0 Å². The van der Waals surface area contributed by atoms with Crippen LogP contribution >= 0.6 is 11.6 Å². The zero-order chi connectivity index (χ0) is 15.7. The summed E-state index contributed by atoms with van der Waals surface area (Å²) >= 11 is 5.89. The average molecular weight is 318 g/mol. The van der Waals surface area contributed by atoms with Gasteiger partial charge in [-0.2, -0.15) is 0 Å². The fourth-order valence-electron chi connectivity index (χ4n) is 2.87. The molecule has 0 aromatic heterocycles. The van der Waals surface area contributed by atoms with Crippen molar-refractivity contribution in [1.29, 1.82) is 0 Å². The number of carbonyl (C=O) groups is 2. The Morgan fingerprint density at radius 3 is 2.45 bits per heavy atom. The maximum Gasteiger partial charge on any atom is 0.234 e. The van der Waals surface area contributed by atoms with E-state index >= 15 is 0 Å². The number of carbonyl (C=O) groups excluding carboxylic acids is 2. The molecule has 1 aliphatic heterocycles. The second-order valence-corrected chi connectivity index (χ2v) is 5.74. The average Bonchev–Trinajstić information content (AvgIpc) is 2.47. The molecular formula is C17H13ClFNO2. The summed E-state index contributed by atoms with van der Waals surface area (Å²) in [6, 6.07) is 13.0. The summed E-state index contributed by atoms with van der Waals surface area (Å²) in [6.45, 7) is 0. The molecule has 1 aliphatic rings. The Kier molecular flexibility index (Phi) is 3.94. The van der Waals surface area contributed by atoms with E-state index in [0.717, 1.165) is 5.56 Å². The van der Waals surface area contributed by atoms with Crippen molar-refractivity contribution in [3.05, 3.63) is 70.5 Å². The smallest absolute Gasteiger partial charge is 0.234 e. The molecule has 1 saturated heterocycles. The highest BCUT2D eigenvalue weighted by atomic mass is 35.5. The summed E-state index contributed by atoms with van der Waals surface area (Å²) in [5, 5.41) is 2.91. The Balaban J connectivity index is 2.04. The standard InChI is InChI=1S/C17H13ClFNO2/c18-12-6-4-10(5-7-12)14-9-15(21)20-17(22)16(14)11-2-1-3-13(19)8-11/h1-8,14,16H,9H2,(H,20,21,22). The van der Waals surface area contributed by atoms with Gasteiger partial charge in [-0.3, -0.25) is 14.9 Å². The largest absolute Gasteiger partial charge is 0.296 e. The van der Waals surface area contributed by atoms with Crippen LogP contribution in [0.3, 0.4) is 0 Å². The minimum absolute atomic E-state index is 0.175. The second kappa shape index (κ2) is 5.89. The van der Waals surface area contributed by atoms with Gasteiger partial charge in [0.25, 0.3) is 0 Å². The fourth-order valence-corrected chi connectivity index (χ4v) is 3.00. The molecule has 0 radical (unpaired) electrons. The molecule has 1 fully saturated rings. The highest BCUT2D eigenvalue weighted by Crippen LogP contribution is 2.38. The van der Waals surface area contributed by atoms with E-state index in [9.17, 15) is 14.0 Å². The van der Waals surface area contributed by atoms with E-state index in [4.69, 9.17) is 11.6 Å². The summed E-state index contributed by atoms with van der Waals surface area (Å²) in [5.41, 5.74) is 1.40. The van der Waals surface area contributed by atoms with Crippen LogP contribution in [0.15, 0.2) is 48.5 Å². The number of piperidine rings is 1. The SMILES string of the molecule is O=C1CC(c2ccc(Cl)cc2)C(c2cccc(F)c2)C(=O)N1. The third-order valence-electron chi connectivity index (χ3n) is 3.86. The van der Waals surface area contributed by atoms with Gasteiger partial charge in [0, 0.05) is 17.4 Å². The van der Waals surface area contributed by atoms with Gasteiger partial charge < -0.3 is 0 Å². The van der Waals surface area contributed by atoms with E-state index in [1.165, 1.54) is 12.1 Å². The molecule has 0 spiro atoms. The first kappa shape index (κ1) is 14.7. The van der Waals surface area contributed by atoms with Crippen molar-refractivity contribution in [2.75, 3.05) is 0 Å². The number of amides is 2. The van der Waals surface area contributed by atoms with Crippen molar-refractivity contribution in [3.63, 3.8) is 0 Å². The summed E-state index contributed by atoms with van der Waals surface area (Å²) in [4.78, 5) is 24.0. The molecule has 112 valence electrons. The molecule has 3 rings (SSSR count). The predicted octanol–water partition coefficient (Wildman–Crippen LogP) is 3.39. The van der Waals surface area contributed by atoms with E-state index in [-0.39, 0.29) is 18.2 Å². The van der Waals surface area contributed by atoms with Crippen LogP contribution in [-0.2, 0) is 9.59 Å². The summed E-state index contributed by atoms with van der Waals surface area (Å²) in [5.74, 6) is -2.06. The van der Waals surface area contributed by atoms with E-state index in [1.807, 2.05) is 0 Å². The molecule has 0 aliphatic carbocycles. The van der Waals surface area contributed by atoms with Crippen molar-refractivity contribution in [1.82, 2.24) is 5.32 Å². The number of nitrogens with one attached hydrogen (secondary N) is 1. The zero-order valence-corrected chi connectivity index (χ0v) is 12.3. The van der Waals surface area contributed by atoms with Gasteiger partial charge in [-0.1, -0.05) is 35.9 Å². The lowest BCUT2D eigenvalue weighted by Crippen LogP contribution is -2.43. The van der Waals surface area contributed by atoms with Crippen LogP contribution in [0.25, 0.3) is 0 Å². The second-order valence-electron chi connectivity index (χ2n) is 5.31. The maximum absolute atomic E-state index is 13.5. The number of hydrogen-bond acceptors (Lipinski definition) is 2. The Morgan fingerprint density at radius 2 is 1.77 bits per heavy atom. The molecule has 2 atom stereocenters. The first-order valence-electron chi connectivity index (χ1n) is 6.89. The van der Waals surface area contributed by atoms with Gasteiger partial charge >= 0.3 is 0 Å².